The van der Waals surface area contributed by atoms with Crippen LogP contribution in [0.25, 0.3) is 0 Å². The number of ether oxygens (including phenoxy) is 1. The summed E-state index contributed by atoms with van der Waals surface area (Å²) in [6, 6.07) is 2.84. The molecule has 12 heavy (non-hydrogen) atoms. The number of benzene rings is 1. The van der Waals surface area contributed by atoms with Gasteiger partial charge in [-0.2, -0.15) is 0 Å². The van der Waals surface area contributed by atoms with Crippen molar-refractivity contribution in [2.45, 2.75) is 6.61 Å². The van der Waals surface area contributed by atoms with Gasteiger partial charge in [0.15, 0.2) is 5.82 Å². The number of nitrogens with two attached hydrogens (primary N) is 1. The number of carbonyl (C=O) groups is 1. The second-order valence-electron chi connectivity index (χ2n) is 2.57. The van der Waals surface area contributed by atoms with Crippen LogP contribution < -0.4 is 5.73 Å². The number of halogens is 1. The number of carbonyl (C=O) groups excluding carboxylic acids is 1. The minimum Gasteiger partial charge on any atom is -0.457 e. The fourth-order valence-corrected chi connectivity index (χ4v) is 1.19. The zero-order chi connectivity index (χ0) is 8.72. The van der Waals surface area contributed by atoms with Crippen molar-refractivity contribution < 1.29 is 13.9 Å². The quantitative estimate of drug-likeness (QED) is 0.464. The van der Waals surface area contributed by atoms with Crippen molar-refractivity contribution in [3.63, 3.8) is 0 Å². The van der Waals surface area contributed by atoms with Gasteiger partial charge in [0.2, 0.25) is 0 Å². The fourth-order valence-electron chi connectivity index (χ4n) is 1.19. The Balaban J connectivity index is 2.68. The number of hydrogen-bond donors (Lipinski definition) is 1. The highest BCUT2D eigenvalue weighted by atomic mass is 19.1. The van der Waals surface area contributed by atoms with Gasteiger partial charge in [0.05, 0.1) is 11.3 Å². The van der Waals surface area contributed by atoms with Crippen molar-refractivity contribution in [2.75, 3.05) is 5.73 Å². The molecule has 0 fully saturated rings. The van der Waals surface area contributed by atoms with Gasteiger partial charge in [0.1, 0.15) is 6.61 Å². The van der Waals surface area contributed by atoms with E-state index in [1.807, 2.05) is 0 Å². The lowest BCUT2D eigenvalue weighted by Gasteiger charge is -1.98. The molecule has 2 N–H and O–H groups in total. The first-order valence-corrected chi connectivity index (χ1v) is 3.44. The van der Waals surface area contributed by atoms with E-state index >= 15 is 0 Å². The molecular formula is C8H6FNO2. The molecule has 0 bridgehead atoms. The molecule has 1 aliphatic rings. The fraction of sp³-hybridized carbons (Fsp3) is 0.125. The summed E-state index contributed by atoms with van der Waals surface area (Å²) in [5.41, 5.74) is 5.89. The van der Waals surface area contributed by atoms with Crippen LogP contribution in [0.1, 0.15) is 15.9 Å². The molecule has 0 aliphatic carbocycles. The molecular weight excluding hydrogens is 161 g/mol. The Morgan fingerprint density at radius 3 is 3.00 bits per heavy atom. The number of rotatable bonds is 0. The standard InChI is InChI=1S/C8H6FNO2/c9-7-5-3-12-8(11)4(5)1-2-6(7)10/h1-2H,3,10H2. The Labute approximate surface area is 67.9 Å². The first-order chi connectivity index (χ1) is 5.70. The van der Waals surface area contributed by atoms with Crippen LogP contribution >= 0.6 is 0 Å². The highest BCUT2D eigenvalue weighted by Crippen LogP contribution is 2.25. The highest BCUT2D eigenvalue weighted by Gasteiger charge is 2.25. The van der Waals surface area contributed by atoms with Crippen LogP contribution in [0.2, 0.25) is 0 Å². The molecule has 0 saturated carbocycles. The Kier molecular flexibility index (Phi) is 1.30. The smallest absolute Gasteiger partial charge is 0.338 e. The summed E-state index contributed by atoms with van der Waals surface area (Å²) < 4.78 is 17.7. The molecule has 1 aromatic carbocycles. The lowest BCUT2D eigenvalue weighted by atomic mass is 10.1. The van der Waals surface area contributed by atoms with Gasteiger partial charge in [-0.3, -0.25) is 0 Å². The zero-order valence-corrected chi connectivity index (χ0v) is 6.13. The molecule has 1 aromatic rings. The van der Waals surface area contributed by atoms with Crippen LogP contribution in [0.15, 0.2) is 12.1 Å². The van der Waals surface area contributed by atoms with Crippen molar-refractivity contribution in [3.8, 4) is 0 Å². The average Bonchev–Trinajstić information content (AvgIpc) is 2.41. The molecule has 62 valence electrons. The number of anilines is 1. The van der Waals surface area contributed by atoms with E-state index in [0.717, 1.165) is 0 Å². The number of fused-ring (bicyclic) bond motifs is 1. The summed E-state index contributed by atoms with van der Waals surface area (Å²) in [7, 11) is 0. The van der Waals surface area contributed by atoms with Crippen molar-refractivity contribution in [1.29, 1.82) is 0 Å². The summed E-state index contributed by atoms with van der Waals surface area (Å²) in [5, 5.41) is 0. The van der Waals surface area contributed by atoms with Crippen molar-refractivity contribution in [3.05, 3.63) is 29.1 Å². The molecule has 2 rings (SSSR count). The van der Waals surface area contributed by atoms with Gasteiger partial charge in [0, 0.05) is 5.56 Å². The maximum Gasteiger partial charge on any atom is 0.338 e. The van der Waals surface area contributed by atoms with E-state index in [1.165, 1.54) is 12.1 Å². The summed E-state index contributed by atoms with van der Waals surface area (Å²) in [6.07, 6.45) is 0. The van der Waals surface area contributed by atoms with Crippen molar-refractivity contribution in [2.24, 2.45) is 0 Å². The van der Waals surface area contributed by atoms with E-state index in [4.69, 9.17) is 5.73 Å². The maximum atomic E-state index is 13.1. The van der Waals surface area contributed by atoms with Crippen LogP contribution in [0, 0.1) is 5.82 Å². The first-order valence-electron chi connectivity index (χ1n) is 3.44. The maximum absolute atomic E-state index is 13.1. The Morgan fingerprint density at radius 1 is 1.50 bits per heavy atom. The van der Waals surface area contributed by atoms with Crippen LogP contribution in [-0.4, -0.2) is 5.97 Å². The van der Waals surface area contributed by atoms with E-state index in [0.29, 0.717) is 0 Å². The van der Waals surface area contributed by atoms with E-state index in [9.17, 15) is 9.18 Å². The van der Waals surface area contributed by atoms with Crippen molar-refractivity contribution >= 4 is 11.7 Å². The molecule has 0 spiro atoms. The zero-order valence-electron chi connectivity index (χ0n) is 6.13. The van der Waals surface area contributed by atoms with Gasteiger partial charge in [0.25, 0.3) is 0 Å². The lowest BCUT2D eigenvalue weighted by Crippen LogP contribution is -1.97. The normalized spacial score (nSPS) is 14.2. The summed E-state index contributed by atoms with van der Waals surface area (Å²) in [5.74, 6) is -1.03. The van der Waals surface area contributed by atoms with E-state index < -0.39 is 11.8 Å². The third-order valence-corrected chi connectivity index (χ3v) is 1.84. The third-order valence-electron chi connectivity index (χ3n) is 1.84. The topological polar surface area (TPSA) is 52.3 Å². The largest absolute Gasteiger partial charge is 0.457 e. The second-order valence-corrected chi connectivity index (χ2v) is 2.57. The molecule has 0 saturated heterocycles. The van der Waals surface area contributed by atoms with Crippen LogP contribution in [-0.2, 0) is 11.3 Å². The minimum atomic E-state index is -0.543. The second kappa shape index (κ2) is 2.20. The van der Waals surface area contributed by atoms with Crippen LogP contribution in [0.3, 0.4) is 0 Å². The molecule has 1 heterocycles. The van der Waals surface area contributed by atoms with E-state index in [1.54, 1.807) is 0 Å². The van der Waals surface area contributed by atoms with Crippen molar-refractivity contribution in [1.82, 2.24) is 0 Å². The Hall–Kier alpha value is -1.58. The number of nitrogen functional groups attached to an aromatic ring is 1. The average molecular weight is 167 g/mol. The predicted octanol–water partition coefficient (Wildman–Crippen LogP) is 1.08. The Bertz CT molecular complexity index is 362. The van der Waals surface area contributed by atoms with E-state index in [-0.39, 0.29) is 23.4 Å². The van der Waals surface area contributed by atoms with Gasteiger partial charge >= 0.3 is 5.97 Å². The Morgan fingerprint density at radius 2 is 2.25 bits per heavy atom. The summed E-state index contributed by atoms with van der Waals surface area (Å²) in [4.78, 5) is 10.9. The molecule has 1 aliphatic heterocycles. The highest BCUT2D eigenvalue weighted by molar-refractivity contribution is 5.93. The van der Waals surface area contributed by atoms with Crippen LogP contribution in [0.5, 0.6) is 0 Å². The minimum absolute atomic E-state index is 0.00889. The third kappa shape index (κ3) is 0.777. The first kappa shape index (κ1) is 7.09. The lowest BCUT2D eigenvalue weighted by molar-refractivity contribution is 0.0534. The SMILES string of the molecule is Nc1ccc2c(c1F)COC2=O. The van der Waals surface area contributed by atoms with Gasteiger partial charge < -0.3 is 10.5 Å². The number of cyclic esters (lactones) is 1. The molecule has 0 aromatic heterocycles. The number of esters is 1. The van der Waals surface area contributed by atoms with Gasteiger partial charge in [-0.05, 0) is 12.1 Å². The monoisotopic (exact) mass is 167 g/mol. The predicted molar refractivity (Wildman–Crippen MR) is 39.9 cm³/mol. The molecule has 0 radical (unpaired) electrons. The molecule has 3 nitrogen and oxygen atoms in total. The summed E-state index contributed by atoms with van der Waals surface area (Å²) in [6.45, 7) is -0.00889. The molecule has 4 heteroatoms. The van der Waals surface area contributed by atoms with Gasteiger partial charge in [-0.1, -0.05) is 0 Å². The van der Waals surface area contributed by atoms with Crippen LogP contribution in [0.4, 0.5) is 10.1 Å². The van der Waals surface area contributed by atoms with Gasteiger partial charge in [-0.15, -0.1) is 0 Å². The summed E-state index contributed by atoms with van der Waals surface area (Å²) >= 11 is 0. The molecule has 0 amide bonds. The molecule has 0 unspecified atom stereocenters. The van der Waals surface area contributed by atoms with Gasteiger partial charge in [-0.25, -0.2) is 9.18 Å². The van der Waals surface area contributed by atoms with E-state index in [2.05, 4.69) is 4.74 Å². The number of hydrogen-bond acceptors (Lipinski definition) is 3. The molecule has 0 atom stereocenters.